The van der Waals surface area contributed by atoms with Crippen LogP contribution in [0, 0.1) is 9.49 Å². The van der Waals surface area contributed by atoms with E-state index in [1.54, 1.807) is 0 Å². The largest absolute Gasteiger partial charge is 0.236 e. The summed E-state index contributed by atoms with van der Waals surface area (Å²) in [5.74, 6) is 2.36. The first-order chi connectivity index (χ1) is 8.15. The van der Waals surface area contributed by atoms with Gasteiger partial charge < -0.3 is 0 Å². The Morgan fingerprint density at radius 2 is 2.06 bits per heavy atom. The molecule has 0 amide bonds. The fourth-order valence-corrected chi connectivity index (χ4v) is 3.40. The van der Waals surface area contributed by atoms with Crippen LogP contribution >= 0.6 is 34.2 Å². The highest BCUT2D eigenvalue weighted by atomic mass is 127. The molecule has 1 aliphatic rings. The maximum atomic E-state index is 6.19. The van der Waals surface area contributed by atoms with Crippen molar-refractivity contribution in [2.45, 2.75) is 51.9 Å². The van der Waals surface area contributed by atoms with Crippen LogP contribution < -0.4 is 0 Å². The van der Waals surface area contributed by atoms with Crippen LogP contribution in [-0.4, -0.2) is 9.97 Å². The van der Waals surface area contributed by atoms with Gasteiger partial charge in [-0.3, -0.25) is 0 Å². The second-order valence-electron chi connectivity index (χ2n) is 4.77. The molecule has 1 fully saturated rings. The van der Waals surface area contributed by atoms with Crippen LogP contribution in [0.25, 0.3) is 0 Å². The third-order valence-corrected chi connectivity index (χ3v) is 5.44. The average Bonchev–Trinajstić information content (AvgIpc) is 2.81. The molecule has 1 heterocycles. The Bertz CT molecular complexity index is 409. The van der Waals surface area contributed by atoms with Gasteiger partial charge in [-0.05, 0) is 54.2 Å². The lowest BCUT2D eigenvalue weighted by Gasteiger charge is -2.12. The van der Waals surface area contributed by atoms with Gasteiger partial charge in [-0.25, -0.2) is 9.97 Å². The van der Waals surface area contributed by atoms with E-state index in [1.807, 2.05) is 0 Å². The van der Waals surface area contributed by atoms with Crippen molar-refractivity contribution in [3.05, 3.63) is 20.2 Å². The molecule has 0 spiro atoms. The van der Waals surface area contributed by atoms with Gasteiger partial charge in [0.05, 0.1) is 9.26 Å². The van der Waals surface area contributed by atoms with Crippen molar-refractivity contribution in [3.63, 3.8) is 0 Å². The number of hydrogen-bond donors (Lipinski definition) is 0. The Balaban J connectivity index is 2.25. The summed E-state index contributed by atoms with van der Waals surface area (Å²) in [6, 6.07) is 0. The van der Waals surface area contributed by atoms with Gasteiger partial charge in [0.25, 0.3) is 0 Å². The molecule has 4 heteroatoms. The first-order valence-corrected chi connectivity index (χ1v) is 7.83. The fourth-order valence-electron chi connectivity index (χ4n) is 2.58. The standard InChI is InChI=1S/C13H18ClIN2/c1-3-8-5-6-9(7-8)13-16-10(4-2)11(15)12(14)17-13/h8-9H,3-7H2,1-2H3. The lowest BCUT2D eigenvalue weighted by Crippen LogP contribution is -2.06. The number of hydrogen-bond acceptors (Lipinski definition) is 2. The minimum Gasteiger partial charge on any atom is -0.236 e. The van der Waals surface area contributed by atoms with Crippen molar-refractivity contribution in [1.29, 1.82) is 0 Å². The molecule has 1 aromatic rings. The van der Waals surface area contributed by atoms with Gasteiger partial charge in [-0.2, -0.15) is 0 Å². The predicted molar refractivity (Wildman–Crippen MR) is 79.5 cm³/mol. The molecule has 0 N–H and O–H groups in total. The van der Waals surface area contributed by atoms with Crippen LogP contribution in [0.3, 0.4) is 0 Å². The topological polar surface area (TPSA) is 25.8 Å². The Morgan fingerprint density at radius 3 is 2.65 bits per heavy atom. The van der Waals surface area contributed by atoms with Gasteiger partial charge in [0, 0.05) is 5.92 Å². The summed E-state index contributed by atoms with van der Waals surface area (Å²) in [6.07, 6.45) is 5.97. The van der Waals surface area contributed by atoms with E-state index in [0.717, 1.165) is 27.4 Å². The Morgan fingerprint density at radius 1 is 1.29 bits per heavy atom. The van der Waals surface area contributed by atoms with Crippen LogP contribution in [0.15, 0.2) is 0 Å². The van der Waals surface area contributed by atoms with Gasteiger partial charge in [-0.15, -0.1) is 0 Å². The second-order valence-corrected chi connectivity index (χ2v) is 6.21. The summed E-state index contributed by atoms with van der Waals surface area (Å²) in [5, 5.41) is 0.632. The maximum Gasteiger partial charge on any atom is 0.146 e. The molecular weight excluding hydrogens is 347 g/mol. The molecule has 17 heavy (non-hydrogen) atoms. The van der Waals surface area contributed by atoms with Crippen LogP contribution in [0.1, 0.15) is 57.0 Å². The quantitative estimate of drug-likeness (QED) is 0.579. The van der Waals surface area contributed by atoms with Gasteiger partial charge in [0.15, 0.2) is 0 Å². The highest BCUT2D eigenvalue weighted by Crippen LogP contribution is 2.39. The lowest BCUT2D eigenvalue weighted by molar-refractivity contribution is 0.516. The second kappa shape index (κ2) is 5.83. The number of aryl methyl sites for hydroxylation is 1. The minimum atomic E-state index is 0.528. The first-order valence-electron chi connectivity index (χ1n) is 6.37. The van der Waals surface area contributed by atoms with E-state index in [-0.39, 0.29) is 0 Å². The Kier molecular flexibility index (Phi) is 4.64. The molecule has 94 valence electrons. The average molecular weight is 365 g/mol. The number of rotatable bonds is 3. The zero-order chi connectivity index (χ0) is 12.4. The molecule has 0 aromatic carbocycles. The van der Waals surface area contributed by atoms with Gasteiger partial charge in [0.2, 0.25) is 0 Å². The van der Waals surface area contributed by atoms with Gasteiger partial charge >= 0.3 is 0 Å². The van der Waals surface area contributed by atoms with Gasteiger partial charge in [0.1, 0.15) is 11.0 Å². The lowest BCUT2D eigenvalue weighted by atomic mass is 10.0. The van der Waals surface area contributed by atoms with E-state index in [1.165, 1.54) is 25.7 Å². The maximum absolute atomic E-state index is 6.19. The number of halogens is 2. The number of aromatic nitrogens is 2. The molecule has 1 saturated carbocycles. The van der Waals surface area contributed by atoms with E-state index < -0.39 is 0 Å². The van der Waals surface area contributed by atoms with Crippen molar-refractivity contribution in [3.8, 4) is 0 Å². The van der Waals surface area contributed by atoms with Crippen molar-refractivity contribution in [1.82, 2.24) is 9.97 Å². The molecular formula is C13H18ClIN2. The highest BCUT2D eigenvalue weighted by molar-refractivity contribution is 14.1. The van der Waals surface area contributed by atoms with Crippen LogP contribution in [0.4, 0.5) is 0 Å². The molecule has 1 aromatic heterocycles. The van der Waals surface area contributed by atoms with Crippen molar-refractivity contribution in [2.75, 3.05) is 0 Å². The Hall–Kier alpha value is 0.100. The molecule has 2 rings (SSSR count). The zero-order valence-corrected chi connectivity index (χ0v) is 13.3. The summed E-state index contributed by atoms with van der Waals surface area (Å²) in [5.41, 5.74) is 1.10. The molecule has 1 aliphatic carbocycles. The van der Waals surface area contributed by atoms with E-state index in [2.05, 4.69) is 41.4 Å². The molecule has 0 saturated heterocycles. The molecule has 0 aliphatic heterocycles. The van der Waals surface area contributed by atoms with E-state index >= 15 is 0 Å². The van der Waals surface area contributed by atoms with Crippen molar-refractivity contribution >= 4 is 34.2 Å². The Labute approximate surface area is 122 Å². The molecule has 2 unspecified atom stereocenters. The first kappa shape index (κ1) is 13.5. The molecule has 0 radical (unpaired) electrons. The third kappa shape index (κ3) is 2.92. The summed E-state index contributed by atoms with van der Waals surface area (Å²) in [6.45, 7) is 4.39. The van der Waals surface area contributed by atoms with E-state index in [4.69, 9.17) is 16.6 Å². The zero-order valence-electron chi connectivity index (χ0n) is 10.3. The predicted octanol–water partition coefficient (Wildman–Crippen LogP) is 4.59. The molecule has 0 bridgehead atoms. The summed E-state index contributed by atoms with van der Waals surface area (Å²) < 4.78 is 1.01. The summed E-state index contributed by atoms with van der Waals surface area (Å²) in [7, 11) is 0. The van der Waals surface area contributed by atoms with Gasteiger partial charge in [-0.1, -0.05) is 31.9 Å². The molecule has 2 nitrogen and oxygen atoms in total. The fraction of sp³-hybridized carbons (Fsp3) is 0.692. The monoisotopic (exact) mass is 364 g/mol. The van der Waals surface area contributed by atoms with E-state index in [9.17, 15) is 0 Å². The van der Waals surface area contributed by atoms with Crippen LogP contribution in [0.5, 0.6) is 0 Å². The summed E-state index contributed by atoms with van der Waals surface area (Å²) >= 11 is 8.43. The summed E-state index contributed by atoms with van der Waals surface area (Å²) in [4.78, 5) is 9.18. The van der Waals surface area contributed by atoms with Crippen LogP contribution in [0.2, 0.25) is 5.15 Å². The number of nitrogens with zero attached hydrogens (tertiary/aromatic N) is 2. The highest BCUT2D eigenvalue weighted by Gasteiger charge is 2.27. The molecule has 2 atom stereocenters. The van der Waals surface area contributed by atoms with Crippen molar-refractivity contribution < 1.29 is 0 Å². The minimum absolute atomic E-state index is 0.528. The van der Waals surface area contributed by atoms with Crippen LogP contribution in [-0.2, 0) is 6.42 Å². The smallest absolute Gasteiger partial charge is 0.146 e. The van der Waals surface area contributed by atoms with Crippen molar-refractivity contribution in [2.24, 2.45) is 5.92 Å². The SMILES string of the molecule is CCc1nc(C2CCC(CC)C2)nc(Cl)c1I. The normalized spacial score (nSPS) is 24.2. The van der Waals surface area contributed by atoms with E-state index in [0.29, 0.717) is 11.1 Å². The third-order valence-electron chi connectivity index (χ3n) is 3.72.